The van der Waals surface area contributed by atoms with Crippen LogP contribution in [0.15, 0.2) is 48.5 Å². The average Bonchev–Trinajstić information content (AvgIpc) is 2.87. The Morgan fingerprint density at radius 1 is 0.885 bits per heavy atom. The van der Waals surface area contributed by atoms with Crippen LogP contribution in [0.5, 0.6) is 0 Å². The number of nitro benzene ring substituents is 1. The first-order valence-electron chi connectivity index (χ1n) is 9.02. The molecule has 6 heteroatoms. The molecule has 0 N–H and O–H groups in total. The summed E-state index contributed by atoms with van der Waals surface area (Å²) in [4.78, 5) is 15.4. The van der Waals surface area contributed by atoms with Gasteiger partial charge in [0, 0.05) is 43.3 Å². The number of hydrogen-bond donors (Lipinski definition) is 0. The second-order valence-corrected chi connectivity index (χ2v) is 7.21. The highest BCUT2D eigenvalue weighted by Crippen LogP contribution is 2.15. The van der Waals surface area contributed by atoms with Gasteiger partial charge in [-0.1, -0.05) is 35.9 Å². The number of nitro groups is 1. The minimum atomic E-state index is -0.353. The monoisotopic (exact) mass is 373 g/mol. The molecule has 1 heterocycles. The van der Waals surface area contributed by atoms with Gasteiger partial charge in [0.05, 0.1) is 4.92 Å². The molecule has 0 aromatic heterocycles. The van der Waals surface area contributed by atoms with Crippen LogP contribution in [-0.4, -0.2) is 47.4 Å². The number of hydrogen-bond acceptors (Lipinski definition) is 4. The molecule has 2 aromatic carbocycles. The van der Waals surface area contributed by atoms with Crippen molar-refractivity contribution in [1.82, 2.24) is 9.80 Å². The molecule has 1 fully saturated rings. The lowest BCUT2D eigenvalue weighted by Gasteiger charge is -2.22. The summed E-state index contributed by atoms with van der Waals surface area (Å²) in [5.74, 6) is 0. The van der Waals surface area contributed by atoms with Gasteiger partial charge in [-0.05, 0) is 49.2 Å². The van der Waals surface area contributed by atoms with Crippen molar-refractivity contribution in [3.05, 3.63) is 74.8 Å². The topological polar surface area (TPSA) is 49.6 Å². The van der Waals surface area contributed by atoms with E-state index in [9.17, 15) is 10.1 Å². The third-order valence-corrected chi connectivity index (χ3v) is 5.12. The third-order valence-electron chi connectivity index (χ3n) is 4.86. The minimum absolute atomic E-state index is 0.154. The van der Waals surface area contributed by atoms with Crippen molar-refractivity contribution in [2.24, 2.45) is 0 Å². The summed E-state index contributed by atoms with van der Waals surface area (Å²) in [5.41, 5.74) is 2.60. The summed E-state index contributed by atoms with van der Waals surface area (Å²) in [7, 11) is 0. The van der Waals surface area contributed by atoms with Gasteiger partial charge in [-0.2, -0.15) is 0 Å². The largest absolute Gasteiger partial charge is 0.302 e. The molecule has 0 aliphatic carbocycles. The predicted octanol–water partition coefficient (Wildman–Crippen LogP) is 4.00. The molecular formula is C20H24ClN3O2. The van der Waals surface area contributed by atoms with Gasteiger partial charge in [0.15, 0.2) is 0 Å². The van der Waals surface area contributed by atoms with Gasteiger partial charge >= 0.3 is 0 Å². The Labute approximate surface area is 159 Å². The summed E-state index contributed by atoms with van der Waals surface area (Å²) in [6, 6.07) is 15.0. The molecule has 0 spiro atoms. The smallest absolute Gasteiger partial charge is 0.269 e. The van der Waals surface area contributed by atoms with E-state index in [4.69, 9.17) is 11.6 Å². The molecule has 0 atom stereocenters. The third kappa shape index (κ3) is 5.53. The summed E-state index contributed by atoms with van der Waals surface area (Å²) in [5, 5.41) is 11.5. The Bertz CT molecular complexity index is 719. The molecule has 1 aliphatic heterocycles. The van der Waals surface area contributed by atoms with Crippen molar-refractivity contribution in [2.45, 2.75) is 19.4 Å². The summed E-state index contributed by atoms with van der Waals surface area (Å²) < 4.78 is 0. The van der Waals surface area contributed by atoms with Crippen molar-refractivity contribution in [3.8, 4) is 0 Å². The molecule has 138 valence electrons. The average molecular weight is 374 g/mol. The van der Waals surface area contributed by atoms with Crippen LogP contribution in [0.25, 0.3) is 0 Å². The molecule has 0 unspecified atom stereocenters. The Hall–Kier alpha value is -1.95. The van der Waals surface area contributed by atoms with Gasteiger partial charge in [0.2, 0.25) is 0 Å². The van der Waals surface area contributed by atoms with Gasteiger partial charge < -0.3 is 4.90 Å². The standard InChI is InChI=1S/C20H24ClN3O2/c21-19-6-2-18(3-7-19)16-23-12-1-11-22(14-15-23)13-10-17-4-8-20(9-5-17)24(25)26/h2-9H,1,10-16H2. The maximum Gasteiger partial charge on any atom is 0.269 e. The maximum atomic E-state index is 10.7. The van der Waals surface area contributed by atoms with Gasteiger partial charge in [-0.15, -0.1) is 0 Å². The fourth-order valence-electron chi connectivity index (χ4n) is 3.33. The molecule has 0 bridgehead atoms. The van der Waals surface area contributed by atoms with E-state index in [1.807, 2.05) is 24.3 Å². The van der Waals surface area contributed by atoms with Gasteiger partial charge in [-0.25, -0.2) is 0 Å². The number of non-ortho nitro benzene ring substituents is 1. The van der Waals surface area contributed by atoms with E-state index in [1.165, 1.54) is 5.56 Å². The van der Waals surface area contributed by atoms with E-state index in [2.05, 4.69) is 21.9 Å². The second kappa shape index (κ2) is 9.12. The fraction of sp³-hybridized carbons (Fsp3) is 0.400. The van der Waals surface area contributed by atoms with Crippen LogP contribution in [-0.2, 0) is 13.0 Å². The van der Waals surface area contributed by atoms with E-state index in [-0.39, 0.29) is 10.6 Å². The number of rotatable bonds is 6. The first kappa shape index (κ1) is 18.8. The SMILES string of the molecule is O=[N+]([O-])c1ccc(CCN2CCCN(Cc3ccc(Cl)cc3)CC2)cc1. The molecule has 5 nitrogen and oxygen atoms in total. The van der Waals surface area contributed by atoms with Gasteiger partial charge in [0.25, 0.3) is 5.69 Å². The predicted molar refractivity (Wildman–Crippen MR) is 105 cm³/mol. The summed E-state index contributed by atoms with van der Waals surface area (Å²) >= 11 is 5.96. The van der Waals surface area contributed by atoms with Crippen LogP contribution in [0.3, 0.4) is 0 Å². The van der Waals surface area contributed by atoms with Gasteiger partial charge in [-0.3, -0.25) is 15.0 Å². The van der Waals surface area contributed by atoms with E-state index in [0.29, 0.717) is 0 Å². The molecule has 0 amide bonds. The molecule has 3 rings (SSSR count). The van der Waals surface area contributed by atoms with Crippen LogP contribution >= 0.6 is 11.6 Å². The first-order chi connectivity index (χ1) is 12.6. The van der Waals surface area contributed by atoms with Gasteiger partial charge in [0.1, 0.15) is 0 Å². The highest BCUT2D eigenvalue weighted by molar-refractivity contribution is 6.30. The Kier molecular flexibility index (Phi) is 6.61. The van der Waals surface area contributed by atoms with Crippen LogP contribution in [0.2, 0.25) is 5.02 Å². The Morgan fingerprint density at radius 3 is 2.19 bits per heavy atom. The summed E-state index contributed by atoms with van der Waals surface area (Å²) in [6.07, 6.45) is 2.09. The van der Waals surface area contributed by atoms with Crippen LogP contribution in [0.4, 0.5) is 5.69 Å². The highest BCUT2D eigenvalue weighted by atomic mass is 35.5. The van der Waals surface area contributed by atoms with Crippen molar-refractivity contribution < 1.29 is 4.92 Å². The van der Waals surface area contributed by atoms with E-state index in [0.717, 1.165) is 62.7 Å². The zero-order valence-electron chi connectivity index (χ0n) is 14.8. The molecule has 0 saturated carbocycles. The number of benzene rings is 2. The molecular weight excluding hydrogens is 350 g/mol. The Balaban J connectivity index is 1.46. The zero-order chi connectivity index (χ0) is 18.4. The molecule has 26 heavy (non-hydrogen) atoms. The van der Waals surface area contributed by atoms with Crippen molar-refractivity contribution in [3.63, 3.8) is 0 Å². The zero-order valence-corrected chi connectivity index (χ0v) is 15.6. The Morgan fingerprint density at radius 2 is 1.50 bits per heavy atom. The van der Waals surface area contributed by atoms with Crippen LogP contribution in [0.1, 0.15) is 17.5 Å². The van der Waals surface area contributed by atoms with Crippen LogP contribution in [0, 0.1) is 10.1 Å². The quantitative estimate of drug-likeness (QED) is 0.567. The normalized spacial score (nSPS) is 16.3. The lowest BCUT2D eigenvalue weighted by molar-refractivity contribution is -0.384. The minimum Gasteiger partial charge on any atom is -0.302 e. The van der Waals surface area contributed by atoms with E-state index >= 15 is 0 Å². The van der Waals surface area contributed by atoms with Crippen LogP contribution < -0.4 is 0 Å². The summed E-state index contributed by atoms with van der Waals surface area (Å²) in [6.45, 7) is 6.28. The molecule has 1 saturated heterocycles. The number of halogens is 1. The van der Waals surface area contributed by atoms with E-state index in [1.54, 1.807) is 12.1 Å². The molecule has 1 aliphatic rings. The van der Waals surface area contributed by atoms with E-state index < -0.39 is 0 Å². The lowest BCUT2D eigenvalue weighted by atomic mass is 10.1. The molecule has 2 aromatic rings. The van der Waals surface area contributed by atoms with Crippen molar-refractivity contribution >= 4 is 17.3 Å². The van der Waals surface area contributed by atoms with Crippen molar-refractivity contribution in [1.29, 1.82) is 0 Å². The highest BCUT2D eigenvalue weighted by Gasteiger charge is 2.15. The first-order valence-corrected chi connectivity index (χ1v) is 9.40. The fourth-order valence-corrected chi connectivity index (χ4v) is 3.45. The number of nitrogens with zero attached hydrogens (tertiary/aromatic N) is 3. The van der Waals surface area contributed by atoms with Crippen molar-refractivity contribution in [2.75, 3.05) is 32.7 Å². The maximum absolute atomic E-state index is 10.7. The second-order valence-electron chi connectivity index (χ2n) is 6.77. The molecule has 0 radical (unpaired) electrons. The lowest BCUT2D eigenvalue weighted by Crippen LogP contribution is -2.31.